The first kappa shape index (κ1) is 28.2. The lowest BCUT2D eigenvalue weighted by Gasteiger charge is -2.31. The SMILES string of the molecule is CCCNC(=O)[C@H](C)N(Cc1ccc(Cl)c(Cl)c1)C(=O)CN(c1ccc(F)c(Cl)c1)S(C)(=O)=O. The Morgan fingerprint density at radius 3 is 2.29 bits per heavy atom. The second-order valence-electron chi connectivity index (χ2n) is 7.61. The Kier molecular flexibility index (Phi) is 9.99. The smallest absolute Gasteiger partial charge is 0.244 e. The van der Waals surface area contributed by atoms with Gasteiger partial charge in [0, 0.05) is 13.1 Å². The molecule has 34 heavy (non-hydrogen) atoms. The molecule has 7 nitrogen and oxygen atoms in total. The van der Waals surface area contributed by atoms with Crippen LogP contribution < -0.4 is 9.62 Å². The van der Waals surface area contributed by atoms with Gasteiger partial charge in [-0.1, -0.05) is 47.8 Å². The third-order valence-electron chi connectivity index (χ3n) is 4.92. The summed E-state index contributed by atoms with van der Waals surface area (Å²) in [7, 11) is -3.96. The number of sulfonamides is 1. The molecule has 0 fully saturated rings. The summed E-state index contributed by atoms with van der Waals surface area (Å²) in [6.45, 7) is 3.19. The van der Waals surface area contributed by atoms with Crippen LogP contribution in [0.2, 0.25) is 15.1 Å². The molecule has 1 N–H and O–H groups in total. The molecule has 1 atom stereocenters. The van der Waals surface area contributed by atoms with Crippen molar-refractivity contribution in [1.29, 1.82) is 0 Å². The number of carbonyl (C=O) groups excluding carboxylic acids is 2. The van der Waals surface area contributed by atoms with Crippen LogP contribution in [0.15, 0.2) is 36.4 Å². The predicted molar refractivity (Wildman–Crippen MR) is 133 cm³/mol. The Bertz CT molecular complexity index is 1160. The lowest BCUT2D eigenvalue weighted by molar-refractivity contribution is -0.139. The molecule has 0 aliphatic carbocycles. The van der Waals surface area contributed by atoms with Crippen molar-refractivity contribution >= 4 is 62.3 Å². The summed E-state index contributed by atoms with van der Waals surface area (Å²) in [6.07, 6.45) is 1.62. The number of benzene rings is 2. The highest BCUT2D eigenvalue weighted by Gasteiger charge is 2.30. The molecule has 2 rings (SSSR count). The predicted octanol–water partition coefficient (Wildman–Crippen LogP) is 4.50. The van der Waals surface area contributed by atoms with Gasteiger partial charge in [0.25, 0.3) is 0 Å². The first-order valence-electron chi connectivity index (χ1n) is 10.3. The fourth-order valence-corrected chi connectivity index (χ4v) is 4.40. The van der Waals surface area contributed by atoms with Gasteiger partial charge in [0.15, 0.2) is 0 Å². The number of hydrogen-bond donors (Lipinski definition) is 1. The molecule has 0 aromatic heterocycles. The Balaban J connectivity index is 2.41. The van der Waals surface area contributed by atoms with Gasteiger partial charge in [-0.2, -0.15) is 0 Å². The normalized spacial score (nSPS) is 12.2. The van der Waals surface area contributed by atoms with Crippen molar-refractivity contribution in [2.45, 2.75) is 32.9 Å². The number of nitrogens with zero attached hydrogens (tertiary/aromatic N) is 2. The van der Waals surface area contributed by atoms with Gasteiger partial charge in [-0.15, -0.1) is 0 Å². The first-order chi connectivity index (χ1) is 15.8. The fraction of sp³-hybridized carbons (Fsp3) is 0.364. The topological polar surface area (TPSA) is 86.8 Å². The van der Waals surface area contributed by atoms with Crippen LogP contribution in [-0.2, 0) is 26.2 Å². The standard InChI is InChI=1S/C22H25Cl3FN3O4S/c1-4-9-27-22(31)14(2)28(12-15-5-7-17(23)18(24)10-15)21(30)13-29(34(3,32)33)16-6-8-20(26)19(25)11-16/h5-8,10-11,14H,4,9,12-13H2,1-3H3,(H,27,31)/t14-/m0/s1. The highest BCUT2D eigenvalue weighted by molar-refractivity contribution is 7.92. The number of rotatable bonds is 10. The van der Waals surface area contributed by atoms with Crippen molar-refractivity contribution < 1.29 is 22.4 Å². The Morgan fingerprint density at radius 2 is 1.74 bits per heavy atom. The number of nitrogens with one attached hydrogen (secondary N) is 1. The maximum atomic E-state index is 13.6. The van der Waals surface area contributed by atoms with E-state index in [-0.39, 0.29) is 22.3 Å². The summed E-state index contributed by atoms with van der Waals surface area (Å²) in [5.41, 5.74) is 0.605. The summed E-state index contributed by atoms with van der Waals surface area (Å²) >= 11 is 17.9. The van der Waals surface area contributed by atoms with Gasteiger partial charge in [-0.25, -0.2) is 12.8 Å². The second-order valence-corrected chi connectivity index (χ2v) is 10.7. The van der Waals surface area contributed by atoms with E-state index in [2.05, 4.69) is 5.32 Å². The van der Waals surface area contributed by atoms with Crippen LogP contribution in [0.5, 0.6) is 0 Å². The molecule has 0 saturated heterocycles. The molecule has 186 valence electrons. The lowest BCUT2D eigenvalue weighted by atomic mass is 10.1. The van der Waals surface area contributed by atoms with Gasteiger partial charge in [-0.05, 0) is 49.2 Å². The Hall–Kier alpha value is -2.07. The fourth-order valence-electron chi connectivity index (χ4n) is 3.07. The second kappa shape index (κ2) is 12.1. The van der Waals surface area contributed by atoms with E-state index in [0.717, 1.165) is 22.7 Å². The number of carbonyl (C=O) groups is 2. The molecule has 2 amide bonds. The Morgan fingerprint density at radius 1 is 1.06 bits per heavy atom. The van der Waals surface area contributed by atoms with Crippen molar-refractivity contribution in [3.05, 3.63) is 62.8 Å². The molecule has 2 aromatic carbocycles. The molecule has 12 heteroatoms. The third-order valence-corrected chi connectivity index (χ3v) is 7.09. The van der Waals surface area contributed by atoms with E-state index in [0.29, 0.717) is 23.6 Å². The highest BCUT2D eigenvalue weighted by Crippen LogP contribution is 2.26. The molecular weight excluding hydrogens is 528 g/mol. The van der Waals surface area contributed by atoms with Crippen molar-refractivity contribution in [2.75, 3.05) is 23.7 Å². The quantitative estimate of drug-likeness (QED) is 0.470. The highest BCUT2D eigenvalue weighted by atomic mass is 35.5. The van der Waals surface area contributed by atoms with E-state index < -0.39 is 40.2 Å². The Labute approximate surface area is 213 Å². The number of hydrogen-bond acceptors (Lipinski definition) is 4. The zero-order chi connectivity index (χ0) is 25.6. The summed E-state index contributed by atoms with van der Waals surface area (Å²) in [5, 5.41) is 3.04. The van der Waals surface area contributed by atoms with Gasteiger partial charge in [0.05, 0.1) is 27.0 Å². The van der Waals surface area contributed by atoms with E-state index in [1.807, 2.05) is 6.92 Å². The molecule has 0 unspecified atom stereocenters. The average molecular weight is 553 g/mol. The monoisotopic (exact) mass is 551 g/mol. The number of halogens is 4. The molecular formula is C22H25Cl3FN3O4S. The van der Waals surface area contributed by atoms with Crippen LogP contribution in [-0.4, -0.2) is 50.5 Å². The maximum Gasteiger partial charge on any atom is 0.244 e. The van der Waals surface area contributed by atoms with Gasteiger partial charge >= 0.3 is 0 Å². The zero-order valence-electron chi connectivity index (χ0n) is 18.8. The van der Waals surface area contributed by atoms with Gasteiger partial charge in [0.2, 0.25) is 21.8 Å². The minimum Gasteiger partial charge on any atom is -0.354 e. The van der Waals surface area contributed by atoms with Crippen molar-refractivity contribution in [3.8, 4) is 0 Å². The summed E-state index contributed by atoms with van der Waals surface area (Å²) in [5.74, 6) is -1.78. The molecule has 0 spiro atoms. The molecule has 0 bridgehead atoms. The van der Waals surface area contributed by atoms with E-state index in [9.17, 15) is 22.4 Å². The largest absolute Gasteiger partial charge is 0.354 e. The molecule has 0 aliphatic rings. The molecule has 0 radical (unpaired) electrons. The van der Waals surface area contributed by atoms with Crippen LogP contribution in [0.1, 0.15) is 25.8 Å². The minimum atomic E-state index is -3.96. The first-order valence-corrected chi connectivity index (χ1v) is 13.3. The van der Waals surface area contributed by atoms with Gasteiger partial charge in [-0.3, -0.25) is 13.9 Å². The molecule has 0 heterocycles. The van der Waals surface area contributed by atoms with E-state index in [4.69, 9.17) is 34.8 Å². The number of amides is 2. The van der Waals surface area contributed by atoms with E-state index in [1.165, 1.54) is 11.0 Å². The molecule has 2 aromatic rings. The van der Waals surface area contributed by atoms with Crippen molar-refractivity contribution in [1.82, 2.24) is 10.2 Å². The van der Waals surface area contributed by atoms with Crippen LogP contribution in [0.3, 0.4) is 0 Å². The summed E-state index contributed by atoms with van der Waals surface area (Å²) in [4.78, 5) is 27.3. The summed E-state index contributed by atoms with van der Waals surface area (Å²) < 4.78 is 39.4. The van der Waals surface area contributed by atoms with Gasteiger partial charge < -0.3 is 10.2 Å². The van der Waals surface area contributed by atoms with E-state index >= 15 is 0 Å². The van der Waals surface area contributed by atoms with Crippen LogP contribution in [0.4, 0.5) is 10.1 Å². The molecule has 0 saturated carbocycles. The third kappa shape index (κ3) is 7.46. The van der Waals surface area contributed by atoms with Crippen LogP contribution in [0, 0.1) is 5.82 Å². The summed E-state index contributed by atoms with van der Waals surface area (Å²) in [6, 6.07) is 7.18. The van der Waals surface area contributed by atoms with Crippen LogP contribution in [0.25, 0.3) is 0 Å². The zero-order valence-corrected chi connectivity index (χ0v) is 21.9. The minimum absolute atomic E-state index is 0.0137. The van der Waals surface area contributed by atoms with Crippen molar-refractivity contribution in [3.63, 3.8) is 0 Å². The van der Waals surface area contributed by atoms with Crippen molar-refractivity contribution in [2.24, 2.45) is 0 Å². The number of anilines is 1. The molecule has 0 aliphatic heterocycles. The van der Waals surface area contributed by atoms with E-state index in [1.54, 1.807) is 25.1 Å². The maximum absolute atomic E-state index is 13.6. The van der Waals surface area contributed by atoms with Gasteiger partial charge in [0.1, 0.15) is 18.4 Å². The van der Waals surface area contributed by atoms with Crippen LogP contribution >= 0.6 is 34.8 Å². The lowest BCUT2D eigenvalue weighted by Crippen LogP contribution is -2.51. The average Bonchev–Trinajstić information content (AvgIpc) is 2.77.